The number of rotatable bonds is 2. The first-order valence-corrected chi connectivity index (χ1v) is 7.22. The molecule has 0 spiro atoms. The van der Waals surface area contributed by atoms with Gasteiger partial charge in [0.15, 0.2) is 5.11 Å². The molecule has 2 rings (SSSR count). The minimum Gasteiger partial charge on any atom is -0.332 e. The van der Waals surface area contributed by atoms with E-state index in [2.05, 4.69) is 42.5 Å². The highest BCUT2D eigenvalue weighted by molar-refractivity contribution is 9.10. The molecule has 18 heavy (non-hydrogen) atoms. The minimum absolute atomic E-state index is 0.569. The zero-order chi connectivity index (χ0) is 13.0. The van der Waals surface area contributed by atoms with Crippen LogP contribution in [0.15, 0.2) is 57.5 Å². The van der Waals surface area contributed by atoms with Crippen LogP contribution in [0.4, 0.5) is 11.4 Å². The van der Waals surface area contributed by atoms with Crippen LogP contribution < -0.4 is 10.6 Å². The summed E-state index contributed by atoms with van der Waals surface area (Å²) in [5.41, 5.74) is 1.90. The van der Waals surface area contributed by atoms with E-state index in [1.807, 2.05) is 48.5 Å². The smallest absolute Gasteiger partial charge is 0.175 e. The van der Waals surface area contributed by atoms with Gasteiger partial charge in [-0.25, -0.2) is 0 Å². The lowest BCUT2D eigenvalue weighted by molar-refractivity contribution is 1.57. The molecule has 5 heteroatoms. The van der Waals surface area contributed by atoms with E-state index in [4.69, 9.17) is 12.2 Å². The van der Waals surface area contributed by atoms with Crippen LogP contribution in [0.25, 0.3) is 0 Å². The van der Waals surface area contributed by atoms with Crippen molar-refractivity contribution in [1.82, 2.24) is 0 Å². The maximum atomic E-state index is 5.24. The summed E-state index contributed by atoms with van der Waals surface area (Å²) >= 11 is 12.0. The lowest BCUT2D eigenvalue weighted by Gasteiger charge is -2.10. The van der Waals surface area contributed by atoms with Crippen molar-refractivity contribution < 1.29 is 0 Å². The van der Waals surface area contributed by atoms with Gasteiger partial charge < -0.3 is 10.6 Å². The third-order valence-electron chi connectivity index (χ3n) is 2.20. The van der Waals surface area contributed by atoms with E-state index in [1.54, 1.807) is 0 Å². The molecule has 0 aliphatic carbocycles. The summed E-state index contributed by atoms with van der Waals surface area (Å²) in [4.78, 5) is 0. The largest absolute Gasteiger partial charge is 0.332 e. The molecular weight excluding hydrogens is 376 g/mol. The molecule has 0 amide bonds. The van der Waals surface area contributed by atoms with Crippen molar-refractivity contribution in [1.29, 1.82) is 0 Å². The number of thiocarbonyl (C=S) groups is 1. The van der Waals surface area contributed by atoms with Crippen molar-refractivity contribution in [2.24, 2.45) is 0 Å². The summed E-state index contributed by atoms with van der Waals surface area (Å²) in [6.07, 6.45) is 0. The molecule has 0 aliphatic rings. The number of nitrogens with one attached hydrogen (secondary N) is 2. The second-order valence-corrected chi connectivity index (χ2v) is 5.83. The molecular formula is C13H10Br2N2S. The maximum absolute atomic E-state index is 5.24. The zero-order valence-corrected chi connectivity index (χ0v) is 13.3. The van der Waals surface area contributed by atoms with Gasteiger partial charge in [0, 0.05) is 20.3 Å². The molecule has 2 nitrogen and oxygen atoms in total. The van der Waals surface area contributed by atoms with Crippen LogP contribution in [0.1, 0.15) is 0 Å². The molecule has 0 bridgehead atoms. The van der Waals surface area contributed by atoms with Crippen LogP contribution in [0, 0.1) is 0 Å². The van der Waals surface area contributed by atoms with E-state index >= 15 is 0 Å². The van der Waals surface area contributed by atoms with Crippen molar-refractivity contribution in [3.8, 4) is 0 Å². The Morgan fingerprint density at radius 2 is 1.06 bits per heavy atom. The van der Waals surface area contributed by atoms with Crippen LogP contribution in [0.3, 0.4) is 0 Å². The van der Waals surface area contributed by atoms with Crippen molar-refractivity contribution in [3.05, 3.63) is 57.5 Å². The van der Waals surface area contributed by atoms with Crippen molar-refractivity contribution in [3.63, 3.8) is 0 Å². The molecule has 0 radical (unpaired) electrons. The van der Waals surface area contributed by atoms with E-state index in [-0.39, 0.29) is 0 Å². The van der Waals surface area contributed by atoms with Crippen LogP contribution in [-0.2, 0) is 0 Å². The van der Waals surface area contributed by atoms with Crippen LogP contribution in [0.5, 0.6) is 0 Å². The second-order valence-electron chi connectivity index (χ2n) is 3.59. The van der Waals surface area contributed by atoms with Crippen LogP contribution >= 0.6 is 44.1 Å². The first-order valence-electron chi connectivity index (χ1n) is 5.22. The Balaban J connectivity index is 1.96. The molecule has 2 aromatic rings. The van der Waals surface area contributed by atoms with Gasteiger partial charge in [0.05, 0.1) is 0 Å². The molecule has 0 saturated carbocycles. The fourth-order valence-corrected chi connectivity index (χ4v) is 2.12. The zero-order valence-electron chi connectivity index (χ0n) is 9.28. The normalized spacial score (nSPS) is 9.89. The predicted octanol–water partition coefficient (Wildman–Crippen LogP) is 5.02. The topological polar surface area (TPSA) is 24.1 Å². The van der Waals surface area contributed by atoms with Gasteiger partial charge in [0.1, 0.15) is 0 Å². The molecule has 2 aromatic carbocycles. The van der Waals surface area contributed by atoms with Gasteiger partial charge in [-0.2, -0.15) is 0 Å². The fraction of sp³-hybridized carbons (Fsp3) is 0. The van der Waals surface area contributed by atoms with Crippen molar-refractivity contribution >= 4 is 60.6 Å². The van der Waals surface area contributed by atoms with E-state index in [1.165, 1.54) is 0 Å². The Hall–Kier alpha value is -0.910. The molecule has 0 atom stereocenters. The maximum Gasteiger partial charge on any atom is 0.175 e. The Morgan fingerprint density at radius 1 is 0.722 bits per heavy atom. The average molecular weight is 386 g/mol. The molecule has 0 saturated heterocycles. The van der Waals surface area contributed by atoms with Gasteiger partial charge in [-0.1, -0.05) is 31.9 Å². The number of anilines is 2. The summed E-state index contributed by atoms with van der Waals surface area (Å²) in [6.45, 7) is 0. The lowest BCUT2D eigenvalue weighted by atomic mass is 10.3. The Bertz CT molecular complexity index is 488. The quantitative estimate of drug-likeness (QED) is 0.709. The van der Waals surface area contributed by atoms with Gasteiger partial charge in [-0.3, -0.25) is 0 Å². The van der Waals surface area contributed by atoms with Gasteiger partial charge in [0.2, 0.25) is 0 Å². The number of benzene rings is 2. The average Bonchev–Trinajstić information content (AvgIpc) is 2.35. The third kappa shape index (κ3) is 4.08. The summed E-state index contributed by atoms with van der Waals surface area (Å²) in [5, 5.41) is 6.81. The third-order valence-corrected chi connectivity index (χ3v) is 3.47. The number of hydrogen-bond donors (Lipinski definition) is 2. The fourth-order valence-electron chi connectivity index (χ4n) is 1.36. The predicted molar refractivity (Wildman–Crippen MR) is 88.1 cm³/mol. The van der Waals surface area contributed by atoms with Crippen molar-refractivity contribution in [2.75, 3.05) is 10.6 Å². The Labute approximate surface area is 128 Å². The highest BCUT2D eigenvalue weighted by atomic mass is 79.9. The number of halogens is 2. The first kappa shape index (κ1) is 13.5. The minimum atomic E-state index is 0.569. The highest BCUT2D eigenvalue weighted by Crippen LogP contribution is 2.16. The van der Waals surface area contributed by atoms with E-state index < -0.39 is 0 Å². The summed E-state index contributed by atoms with van der Waals surface area (Å²) in [7, 11) is 0. The molecule has 92 valence electrons. The molecule has 0 fully saturated rings. The molecule has 0 aliphatic heterocycles. The summed E-state index contributed by atoms with van der Waals surface area (Å²) in [5.74, 6) is 0. The van der Waals surface area contributed by atoms with Crippen LogP contribution in [0.2, 0.25) is 0 Å². The number of hydrogen-bond acceptors (Lipinski definition) is 1. The van der Waals surface area contributed by atoms with Gasteiger partial charge in [-0.05, 0) is 60.7 Å². The second kappa shape index (κ2) is 6.31. The highest BCUT2D eigenvalue weighted by Gasteiger charge is 1.98. The van der Waals surface area contributed by atoms with Gasteiger partial charge >= 0.3 is 0 Å². The monoisotopic (exact) mass is 384 g/mol. The van der Waals surface area contributed by atoms with E-state index in [9.17, 15) is 0 Å². The summed E-state index contributed by atoms with van der Waals surface area (Å²) in [6, 6.07) is 15.7. The molecule has 0 unspecified atom stereocenters. The van der Waals surface area contributed by atoms with Crippen molar-refractivity contribution in [2.45, 2.75) is 0 Å². The molecule has 2 N–H and O–H groups in total. The van der Waals surface area contributed by atoms with Gasteiger partial charge in [-0.15, -0.1) is 0 Å². The van der Waals surface area contributed by atoms with Crippen LogP contribution in [-0.4, -0.2) is 5.11 Å². The molecule has 0 heterocycles. The Kier molecular flexibility index (Phi) is 4.74. The van der Waals surface area contributed by atoms with Gasteiger partial charge in [0.25, 0.3) is 0 Å². The van der Waals surface area contributed by atoms with E-state index in [0.29, 0.717) is 5.11 Å². The summed E-state index contributed by atoms with van der Waals surface area (Å²) < 4.78 is 2.08. The Morgan fingerprint density at radius 3 is 1.39 bits per heavy atom. The SMILES string of the molecule is S=C(Nc1ccc(Br)cc1)Nc1ccc(Br)cc1. The standard InChI is InChI=1S/C13H10Br2N2S/c14-9-1-5-11(6-2-9)16-13(18)17-12-7-3-10(15)4-8-12/h1-8H,(H2,16,17,18). The first-order chi connectivity index (χ1) is 8.63. The van der Waals surface area contributed by atoms with E-state index in [0.717, 1.165) is 20.3 Å². The lowest BCUT2D eigenvalue weighted by Crippen LogP contribution is -2.18. The molecule has 0 aromatic heterocycles.